The highest BCUT2D eigenvalue weighted by molar-refractivity contribution is 6.29. The van der Waals surface area contributed by atoms with Gasteiger partial charge in [0, 0.05) is 12.7 Å². The van der Waals surface area contributed by atoms with Crippen molar-refractivity contribution in [2.45, 2.75) is 32.9 Å². The predicted molar refractivity (Wildman–Crippen MR) is 97.7 cm³/mol. The topological polar surface area (TPSA) is 51.2 Å². The molecule has 24 heavy (non-hydrogen) atoms. The molecule has 1 aromatic carbocycles. The quantitative estimate of drug-likeness (QED) is 0.800. The van der Waals surface area contributed by atoms with E-state index in [-0.39, 0.29) is 0 Å². The zero-order valence-corrected chi connectivity index (χ0v) is 14.8. The molecule has 0 unspecified atom stereocenters. The van der Waals surface area contributed by atoms with Gasteiger partial charge in [-0.25, -0.2) is 9.78 Å². The second-order valence-electron chi connectivity index (χ2n) is 6.34. The number of halogens is 1. The number of amides is 1. The van der Waals surface area contributed by atoms with Gasteiger partial charge in [-0.1, -0.05) is 54.1 Å². The molecule has 1 aromatic heterocycles. The molecule has 2 rings (SSSR count). The fraction of sp³-hybridized carbons (Fsp3) is 0.263. The molecular formula is C19H21ClN2O2. The summed E-state index contributed by atoms with van der Waals surface area (Å²) in [6, 6.07) is 11.6. The Morgan fingerprint density at radius 3 is 2.33 bits per heavy atom. The Balaban J connectivity index is 1.88. The number of hydrogen-bond donors (Lipinski definition) is 1. The largest absolute Gasteiger partial charge is 0.444 e. The number of benzene rings is 1. The van der Waals surface area contributed by atoms with Crippen molar-refractivity contribution in [3.8, 4) is 0 Å². The van der Waals surface area contributed by atoms with Crippen molar-refractivity contribution >= 4 is 29.8 Å². The maximum Gasteiger partial charge on any atom is 0.407 e. The lowest BCUT2D eigenvalue weighted by atomic mass is 10.1. The van der Waals surface area contributed by atoms with Crippen molar-refractivity contribution in [1.29, 1.82) is 0 Å². The van der Waals surface area contributed by atoms with E-state index in [1.54, 1.807) is 12.3 Å². The number of carbonyl (C=O) groups excluding carboxylic acids is 1. The van der Waals surface area contributed by atoms with Crippen molar-refractivity contribution in [3.05, 3.63) is 64.4 Å². The zero-order chi connectivity index (χ0) is 17.6. The Kier molecular flexibility index (Phi) is 5.99. The molecule has 2 aromatic rings. The van der Waals surface area contributed by atoms with E-state index in [1.165, 1.54) is 0 Å². The van der Waals surface area contributed by atoms with Crippen LogP contribution in [0.5, 0.6) is 0 Å². The second kappa shape index (κ2) is 7.97. The van der Waals surface area contributed by atoms with Gasteiger partial charge in [0.15, 0.2) is 0 Å². The summed E-state index contributed by atoms with van der Waals surface area (Å²) >= 11 is 5.76. The van der Waals surface area contributed by atoms with Gasteiger partial charge >= 0.3 is 6.09 Å². The normalized spacial score (nSPS) is 11.5. The van der Waals surface area contributed by atoms with Gasteiger partial charge in [-0.3, -0.25) is 0 Å². The standard InChI is InChI=1S/C19H21ClN2O2/c1-19(2,3)24-18(23)22-13-15-7-4-14(5-8-15)6-9-16-10-11-17(20)21-12-16/h4-12H,13H2,1-3H3,(H,22,23)/b9-6+. The Bertz CT molecular complexity index is 702. The minimum absolute atomic E-state index is 0.415. The zero-order valence-electron chi connectivity index (χ0n) is 14.0. The van der Waals surface area contributed by atoms with Gasteiger partial charge in [0.1, 0.15) is 10.8 Å². The first-order chi connectivity index (χ1) is 11.3. The fourth-order valence-corrected chi connectivity index (χ4v) is 2.03. The van der Waals surface area contributed by atoms with Gasteiger partial charge in [0.2, 0.25) is 0 Å². The highest BCUT2D eigenvalue weighted by Gasteiger charge is 2.15. The molecule has 0 fully saturated rings. The van der Waals surface area contributed by atoms with Gasteiger partial charge in [-0.2, -0.15) is 0 Å². The molecular weight excluding hydrogens is 324 g/mol. The van der Waals surface area contributed by atoms with Gasteiger partial charge in [0.05, 0.1) is 0 Å². The molecule has 0 aliphatic heterocycles. The average molecular weight is 345 g/mol. The molecule has 1 amide bonds. The molecule has 126 valence electrons. The summed E-state index contributed by atoms with van der Waals surface area (Å²) in [7, 11) is 0. The van der Waals surface area contributed by atoms with Crippen LogP contribution in [0.3, 0.4) is 0 Å². The van der Waals surface area contributed by atoms with Crippen LogP contribution in [0.2, 0.25) is 5.15 Å². The molecule has 0 aliphatic rings. The maximum atomic E-state index is 11.6. The first kappa shape index (κ1) is 18.0. The third kappa shape index (κ3) is 6.42. The van der Waals surface area contributed by atoms with E-state index < -0.39 is 11.7 Å². The Labute approximate surface area is 147 Å². The highest BCUT2D eigenvalue weighted by Crippen LogP contribution is 2.12. The SMILES string of the molecule is CC(C)(C)OC(=O)NCc1ccc(/C=C/c2ccc(Cl)nc2)cc1. The Hall–Kier alpha value is -2.33. The van der Waals surface area contributed by atoms with Crippen LogP contribution >= 0.6 is 11.6 Å². The number of rotatable bonds is 4. The third-order valence-corrected chi connectivity index (χ3v) is 3.26. The number of alkyl carbamates (subject to hydrolysis) is 1. The van der Waals surface area contributed by atoms with E-state index in [0.717, 1.165) is 16.7 Å². The van der Waals surface area contributed by atoms with Crippen molar-refractivity contribution in [2.75, 3.05) is 0 Å². The van der Waals surface area contributed by atoms with Gasteiger partial charge in [0.25, 0.3) is 0 Å². The summed E-state index contributed by atoms with van der Waals surface area (Å²) in [5, 5.41) is 3.22. The van der Waals surface area contributed by atoms with Crippen molar-refractivity contribution in [1.82, 2.24) is 10.3 Å². The summed E-state index contributed by atoms with van der Waals surface area (Å²) in [5.74, 6) is 0. The van der Waals surface area contributed by atoms with E-state index in [0.29, 0.717) is 11.7 Å². The lowest BCUT2D eigenvalue weighted by molar-refractivity contribution is 0.0523. The summed E-state index contributed by atoms with van der Waals surface area (Å²) < 4.78 is 5.20. The second-order valence-corrected chi connectivity index (χ2v) is 6.73. The number of nitrogens with zero attached hydrogens (tertiary/aromatic N) is 1. The summed E-state index contributed by atoms with van der Waals surface area (Å²) in [6.45, 7) is 5.94. The molecule has 0 saturated heterocycles. The van der Waals surface area contributed by atoms with Gasteiger partial charge < -0.3 is 10.1 Å². The minimum Gasteiger partial charge on any atom is -0.444 e. The van der Waals surface area contributed by atoms with Crippen LogP contribution in [0, 0.1) is 0 Å². The van der Waals surface area contributed by atoms with Gasteiger partial charge in [-0.05, 0) is 43.5 Å². The van der Waals surface area contributed by atoms with E-state index in [2.05, 4.69) is 10.3 Å². The molecule has 5 heteroatoms. The van der Waals surface area contributed by atoms with E-state index in [1.807, 2.05) is 63.3 Å². The maximum absolute atomic E-state index is 11.6. The monoisotopic (exact) mass is 344 g/mol. The van der Waals surface area contributed by atoms with Crippen LogP contribution < -0.4 is 5.32 Å². The van der Waals surface area contributed by atoms with E-state index in [4.69, 9.17) is 16.3 Å². The van der Waals surface area contributed by atoms with Crippen LogP contribution in [0.4, 0.5) is 4.79 Å². The molecule has 0 saturated carbocycles. The number of aromatic nitrogens is 1. The summed E-state index contributed by atoms with van der Waals surface area (Å²) in [6.07, 6.45) is 5.27. The molecule has 4 nitrogen and oxygen atoms in total. The molecule has 0 atom stereocenters. The fourth-order valence-electron chi connectivity index (χ4n) is 1.91. The van der Waals surface area contributed by atoms with Gasteiger partial charge in [-0.15, -0.1) is 0 Å². The smallest absolute Gasteiger partial charge is 0.407 e. The molecule has 1 N–H and O–H groups in total. The Morgan fingerprint density at radius 2 is 1.75 bits per heavy atom. The predicted octanol–water partition coefficient (Wildman–Crippen LogP) is 4.93. The molecule has 0 bridgehead atoms. The molecule has 1 heterocycles. The van der Waals surface area contributed by atoms with Crippen LogP contribution in [0.1, 0.15) is 37.5 Å². The number of hydrogen-bond acceptors (Lipinski definition) is 3. The lowest BCUT2D eigenvalue weighted by Crippen LogP contribution is -2.32. The number of carbonyl (C=O) groups is 1. The average Bonchev–Trinajstić information content (AvgIpc) is 2.52. The number of nitrogens with one attached hydrogen (secondary N) is 1. The summed E-state index contributed by atoms with van der Waals surface area (Å²) in [5.41, 5.74) is 2.56. The highest BCUT2D eigenvalue weighted by atomic mass is 35.5. The minimum atomic E-state index is -0.491. The van der Waals surface area contributed by atoms with Crippen molar-refractivity contribution in [3.63, 3.8) is 0 Å². The van der Waals surface area contributed by atoms with E-state index in [9.17, 15) is 4.79 Å². The van der Waals surface area contributed by atoms with Crippen LogP contribution in [0.25, 0.3) is 12.2 Å². The summed E-state index contributed by atoms with van der Waals surface area (Å²) in [4.78, 5) is 15.7. The number of pyridine rings is 1. The lowest BCUT2D eigenvalue weighted by Gasteiger charge is -2.19. The molecule has 0 aliphatic carbocycles. The molecule has 0 radical (unpaired) electrons. The third-order valence-electron chi connectivity index (χ3n) is 3.03. The van der Waals surface area contributed by atoms with E-state index >= 15 is 0 Å². The van der Waals surface area contributed by atoms with Crippen LogP contribution in [-0.2, 0) is 11.3 Å². The van der Waals surface area contributed by atoms with Crippen LogP contribution in [0.15, 0.2) is 42.6 Å². The Morgan fingerprint density at radius 1 is 1.12 bits per heavy atom. The first-order valence-electron chi connectivity index (χ1n) is 7.67. The van der Waals surface area contributed by atoms with Crippen molar-refractivity contribution < 1.29 is 9.53 Å². The van der Waals surface area contributed by atoms with Crippen LogP contribution in [-0.4, -0.2) is 16.7 Å². The molecule has 0 spiro atoms. The van der Waals surface area contributed by atoms with Crippen molar-refractivity contribution in [2.24, 2.45) is 0 Å². The number of ether oxygens (including phenoxy) is 1. The first-order valence-corrected chi connectivity index (χ1v) is 8.05.